The number of nitrogens with zero attached hydrogens (tertiary/aromatic N) is 4. The molecule has 3 rings (SSSR count). The monoisotopic (exact) mass is 342 g/mol. The van der Waals surface area contributed by atoms with Crippen molar-refractivity contribution in [3.8, 4) is 0 Å². The van der Waals surface area contributed by atoms with E-state index in [9.17, 15) is 4.79 Å². The highest BCUT2D eigenvalue weighted by Crippen LogP contribution is 2.23. The molecule has 0 saturated heterocycles. The minimum Gasteiger partial charge on any atom is -0.377 e. The van der Waals surface area contributed by atoms with E-state index in [1.807, 2.05) is 17.0 Å². The summed E-state index contributed by atoms with van der Waals surface area (Å²) in [4.78, 5) is 14.7. The molecule has 0 spiro atoms. The lowest BCUT2D eigenvalue weighted by atomic mass is 10.1. The van der Waals surface area contributed by atoms with Gasteiger partial charge in [0.1, 0.15) is 6.61 Å². The van der Waals surface area contributed by atoms with Gasteiger partial charge in [-0.25, -0.2) is 0 Å². The third kappa shape index (κ3) is 3.74. The number of carbonyl (C=O) groups is 1. The van der Waals surface area contributed by atoms with E-state index in [1.54, 1.807) is 7.11 Å². The summed E-state index contributed by atoms with van der Waals surface area (Å²) >= 11 is 0. The number of fused-ring (bicyclic) bond motifs is 1. The Morgan fingerprint density at radius 3 is 2.72 bits per heavy atom. The van der Waals surface area contributed by atoms with Crippen LogP contribution < -0.4 is 0 Å². The van der Waals surface area contributed by atoms with Gasteiger partial charge in [-0.1, -0.05) is 25.5 Å². The van der Waals surface area contributed by atoms with E-state index in [0.717, 1.165) is 23.6 Å². The van der Waals surface area contributed by atoms with Crippen molar-refractivity contribution in [1.82, 2.24) is 19.7 Å². The summed E-state index contributed by atoms with van der Waals surface area (Å²) in [5, 5.41) is 8.43. The minimum atomic E-state index is 0.0523. The Balaban J connectivity index is 1.73. The Bertz CT molecular complexity index is 724. The molecule has 1 atom stereocenters. The molecule has 2 heterocycles. The van der Waals surface area contributed by atoms with Crippen LogP contribution in [0.1, 0.15) is 60.3 Å². The number of hydrogen-bond donors (Lipinski definition) is 0. The summed E-state index contributed by atoms with van der Waals surface area (Å²) in [6.45, 7) is 5.84. The highest BCUT2D eigenvalue weighted by molar-refractivity contribution is 5.94. The SMILES string of the molecule is CCCCc1ccc(C(=O)N2Cc3nnc(COC)n3[C@@H](C)C2)cc1. The smallest absolute Gasteiger partial charge is 0.254 e. The van der Waals surface area contributed by atoms with E-state index in [2.05, 4.69) is 40.7 Å². The van der Waals surface area contributed by atoms with Crippen LogP contribution in [0.5, 0.6) is 0 Å². The second-order valence-electron chi connectivity index (χ2n) is 6.67. The Labute approximate surface area is 148 Å². The van der Waals surface area contributed by atoms with Gasteiger partial charge in [0.15, 0.2) is 11.6 Å². The average molecular weight is 342 g/mol. The van der Waals surface area contributed by atoms with Crippen molar-refractivity contribution in [1.29, 1.82) is 0 Å². The second-order valence-corrected chi connectivity index (χ2v) is 6.67. The number of ether oxygens (including phenoxy) is 1. The number of amides is 1. The maximum absolute atomic E-state index is 12.9. The minimum absolute atomic E-state index is 0.0523. The molecule has 0 N–H and O–H groups in total. The summed E-state index contributed by atoms with van der Waals surface area (Å²) in [5.74, 6) is 1.69. The summed E-state index contributed by atoms with van der Waals surface area (Å²) in [5.41, 5.74) is 2.02. The zero-order valence-electron chi connectivity index (χ0n) is 15.2. The first-order valence-electron chi connectivity index (χ1n) is 8.93. The maximum atomic E-state index is 12.9. The van der Waals surface area contributed by atoms with Gasteiger partial charge in [-0.2, -0.15) is 0 Å². The van der Waals surface area contributed by atoms with Crippen molar-refractivity contribution in [3.63, 3.8) is 0 Å². The molecule has 0 unspecified atom stereocenters. The fourth-order valence-corrected chi connectivity index (χ4v) is 3.37. The lowest BCUT2D eigenvalue weighted by Crippen LogP contribution is -2.40. The summed E-state index contributed by atoms with van der Waals surface area (Å²) in [6, 6.07) is 8.14. The van der Waals surface area contributed by atoms with Crippen molar-refractivity contribution in [3.05, 3.63) is 47.0 Å². The molecular weight excluding hydrogens is 316 g/mol. The molecule has 0 fully saturated rings. The molecule has 0 aliphatic carbocycles. The number of aryl methyl sites for hydroxylation is 1. The van der Waals surface area contributed by atoms with Crippen LogP contribution in [0.3, 0.4) is 0 Å². The topological polar surface area (TPSA) is 60.3 Å². The van der Waals surface area contributed by atoms with Crippen LogP contribution in [0, 0.1) is 0 Å². The first-order chi connectivity index (χ1) is 12.1. The molecule has 0 saturated carbocycles. The van der Waals surface area contributed by atoms with Crippen molar-refractivity contribution in [2.45, 2.75) is 52.3 Å². The molecule has 1 aliphatic heterocycles. The van der Waals surface area contributed by atoms with Gasteiger partial charge in [0.25, 0.3) is 5.91 Å². The largest absolute Gasteiger partial charge is 0.377 e. The van der Waals surface area contributed by atoms with E-state index >= 15 is 0 Å². The molecule has 6 heteroatoms. The summed E-state index contributed by atoms with van der Waals surface area (Å²) in [7, 11) is 1.65. The van der Waals surface area contributed by atoms with Crippen LogP contribution in [0.15, 0.2) is 24.3 Å². The van der Waals surface area contributed by atoms with Gasteiger partial charge in [-0.05, 0) is 37.5 Å². The number of hydrogen-bond acceptors (Lipinski definition) is 4. The van der Waals surface area contributed by atoms with Crippen LogP contribution in [0.2, 0.25) is 0 Å². The molecule has 0 radical (unpaired) electrons. The zero-order valence-corrected chi connectivity index (χ0v) is 15.2. The van der Waals surface area contributed by atoms with Crippen molar-refractivity contribution < 1.29 is 9.53 Å². The molecule has 1 aromatic carbocycles. The normalized spacial score (nSPS) is 16.8. The molecule has 1 aromatic heterocycles. The van der Waals surface area contributed by atoms with Gasteiger partial charge < -0.3 is 14.2 Å². The highest BCUT2D eigenvalue weighted by atomic mass is 16.5. The van der Waals surface area contributed by atoms with Crippen LogP contribution in [0.25, 0.3) is 0 Å². The third-order valence-electron chi connectivity index (χ3n) is 4.68. The van der Waals surface area contributed by atoms with E-state index in [1.165, 1.54) is 18.4 Å². The van der Waals surface area contributed by atoms with Crippen LogP contribution in [-0.4, -0.2) is 39.2 Å². The number of aromatic nitrogens is 3. The molecule has 1 amide bonds. The van der Waals surface area contributed by atoms with Crippen LogP contribution >= 0.6 is 0 Å². The van der Waals surface area contributed by atoms with Crippen molar-refractivity contribution in [2.24, 2.45) is 0 Å². The van der Waals surface area contributed by atoms with E-state index in [-0.39, 0.29) is 11.9 Å². The van der Waals surface area contributed by atoms with Crippen LogP contribution in [0.4, 0.5) is 0 Å². The number of unbranched alkanes of at least 4 members (excludes halogenated alkanes) is 1. The van der Waals surface area contributed by atoms with Gasteiger partial charge in [0, 0.05) is 19.2 Å². The number of carbonyl (C=O) groups excluding carboxylic acids is 1. The summed E-state index contributed by atoms with van der Waals surface area (Å²) < 4.78 is 7.26. The number of rotatable bonds is 6. The highest BCUT2D eigenvalue weighted by Gasteiger charge is 2.29. The molecular formula is C19H26N4O2. The third-order valence-corrected chi connectivity index (χ3v) is 4.68. The maximum Gasteiger partial charge on any atom is 0.254 e. The van der Waals surface area contributed by atoms with Crippen LogP contribution in [-0.2, 0) is 24.3 Å². The van der Waals surface area contributed by atoms with Gasteiger partial charge >= 0.3 is 0 Å². The quantitative estimate of drug-likeness (QED) is 0.810. The van der Waals surface area contributed by atoms with E-state index < -0.39 is 0 Å². The lowest BCUT2D eigenvalue weighted by Gasteiger charge is -2.32. The van der Waals surface area contributed by atoms with E-state index in [0.29, 0.717) is 19.7 Å². The fourth-order valence-electron chi connectivity index (χ4n) is 3.37. The molecule has 2 aromatic rings. The van der Waals surface area contributed by atoms with Gasteiger partial charge in [-0.3, -0.25) is 4.79 Å². The molecule has 25 heavy (non-hydrogen) atoms. The van der Waals surface area contributed by atoms with Gasteiger partial charge in [0.05, 0.1) is 12.6 Å². The Kier molecular flexibility index (Phi) is 5.48. The van der Waals surface area contributed by atoms with Crippen molar-refractivity contribution in [2.75, 3.05) is 13.7 Å². The van der Waals surface area contributed by atoms with Gasteiger partial charge in [-0.15, -0.1) is 10.2 Å². The molecule has 6 nitrogen and oxygen atoms in total. The molecule has 0 bridgehead atoms. The molecule has 134 valence electrons. The summed E-state index contributed by atoms with van der Waals surface area (Å²) in [6.07, 6.45) is 3.42. The molecule has 1 aliphatic rings. The number of methoxy groups -OCH3 is 1. The first-order valence-corrected chi connectivity index (χ1v) is 8.93. The first kappa shape index (κ1) is 17.6. The van der Waals surface area contributed by atoms with E-state index in [4.69, 9.17) is 4.74 Å². The van der Waals surface area contributed by atoms with Gasteiger partial charge in [0.2, 0.25) is 0 Å². The lowest BCUT2D eigenvalue weighted by molar-refractivity contribution is 0.0675. The Morgan fingerprint density at radius 2 is 2.04 bits per heavy atom. The number of benzene rings is 1. The van der Waals surface area contributed by atoms with Crippen molar-refractivity contribution >= 4 is 5.91 Å². The Hall–Kier alpha value is -2.21. The fraction of sp³-hybridized carbons (Fsp3) is 0.526. The zero-order chi connectivity index (χ0) is 17.8. The second kappa shape index (κ2) is 7.78. The Morgan fingerprint density at radius 1 is 1.28 bits per heavy atom. The standard InChI is InChI=1S/C19H26N4O2/c1-4-5-6-15-7-9-16(10-8-15)19(24)22-11-14(2)23-17(12-22)20-21-18(23)13-25-3/h7-10,14H,4-6,11-13H2,1-3H3/t14-/m0/s1. The predicted octanol–water partition coefficient (Wildman–Crippen LogP) is 2.98. The predicted molar refractivity (Wildman–Crippen MR) is 95.2 cm³/mol. The average Bonchev–Trinajstić information content (AvgIpc) is 3.03.